The molecule has 0 bridgehead atoms. The Morgan fingerprint density at radius 2 is 1.51 bits per heavy atom. The molecule has 188 valence electrons. The third-order valence-corrected chi connectivity index (χ3v) is 6.77. The Morgan fingerprint density at radius 1 is 0.919 bits per heavy atom. The van der Waals surface area contributed by atoms with E-state index in [0.29, 0.717) is 0 Å². The lowest BCUT2D eigenvalue weighted by molar-refractivity contribution is -0.172. The maximum Gasteiger partial charge on any atom is 0.339 e. The summed E-state index contributed by atoms with van der Waals surface area (Å²) in [6.07, 6.45) is -0.348. The van der Waals surface area contributed by atoms with Gasteiger partial charge in [0.05, 0.1) is 12.6 Å². The normalized spacial score (nSPS) is 17.3. The molecule has 1 aliphatic carbocycles. The van der Waals surface area contributed by atoms with Crippen LogP contribution >= 0.6 is 0 Å². The molecule has 0 aromatic heterocycles. The number of carbonyl (C=O) groups excluding carboxylic acids is 4. The number of carbonyl (C=O) groups is 4. The molecule has 1 saturated heterocycles. The van der Waals surface area contributed by atoms with Crippen molar-refractivity contribution in [1.82, 2.24) is 15.9 Å². The Bertz CT molecular complexity index is 1310. The first-order chi connectivity index (χ1) is 17.9. The molecule has 0 spiro atoms. The molecule has 1 aliphatic heterocycles. The molecule has 2 aliphatic rings. The van der Waals surface area contributed by atoms with Gasteiger partial charge in [-0.15, -0.1) is 0 Å². The molecular formula is C28H25N3O6. The van der Waals surface area contributed by atoms with Crippen molar-refractivity contribution in [3.63, 3.8) is 0 Å². The second-order valence-electron chi connectivity index (χ2n) is 9.06. The zero-order valence-electron chi connectivity index (χ0n) is 19.8. The molecule has 3 N–H and O–H groups in total. The van der Waals surface area contributed by atoms with Crippen LogP contribution in [0.1, 0.15) is 29.0 Å². The third kappa shape index (κ3) is 4.87. The number of rotatable bonds is 8. The van der Waals surface area contributed by atoms with E-state index < -0.39 is 42.0 Å². The number of ketones is 1. The van der Waals surface area contributed by atoms with Crippen LogP contribution in [0.15, 0.2) is 78.9 Å². The standard InChI is InChI=1S/C28H25N3O6/c32-25-15-22(27(34)31(25)36)26(33)24(14-17-8-2-1-3-9-17)29-28(35)30-37-16-23-20-12-6-4-10-18(20)19-11-5-7-13-21(19)23/h1-13,22-24,36H,14-16H2,(H2,29,30,35)/t22?,24-/m0/s1. The molecule has 1 heterocycles. The summed E-state index contributed by atoms with van der Waals surface area (Å²) >= 11 is 0. The van der Waals surface area contributed by atoms with E-state index in [1.807, 2.05) is 42.5 Å². The second-order valence-corrected chi connectivity index (χ2v) is 9.06. The van der Waals surface area contributed by atoms with Gasteiger partial charge in [0.25, 0.3) is 11.8 Å². The average Bonchev–Trinajstić information content (AvgIpc) is 3.37. The van der Waals surface area contributed by atoms with E-state index in [1.165, 1.54) is 0 Å². The number of hydrogen-bond donors (Lipinski definition) is 3. The van der Waals surface area contributed by atoms with Crippen molar-refractivity contribution in [2.75, 3.05) is 6.61 Å². The minimum atomic E-state index is -1.36. The van der Waals surface area contributed by atoms with Crippen LogP contribution in [0.25, 0.3) is 11.1 Å². The van der Waals surface area contributed by atoms with Crippen molar-refractivity contribution in [1.29, 1.82) is 0 Å². The third-order valence-electron chi connectivity index (χ3n) is 6.77. The van der Waals surface area contributed by atoms with Crippen molar-refractivity contribution in [2.45, 2.75) is 24.8 Å². The highest BCUT2D eigenvalue weighted by Gasteiger charge is 2.45. The first kappa shape index (κ1) is 24.4. The van der Waals surface area contributed by atoms with Gasteiger partial charge in [-0.2, -0.15) is 5.06 Å². The maximum atomic E-state index is 13.2. The second kappa shape index (κ2) is 10.3. The zero-order chi connectivity index (χ0) is 25.9. The van der Waals surface area contributed by atoms with Gasteiger partial charge >= 0.3 is 6.03 Å². The maximum absolute atomic E-state index is 13.2. The first-order valence-corrected chi connectivity index (χ1v) is 11.9. The molecule has 1 unspecified atom stereocenters. The number of urea groups is 1. The van der Waals surface area contributed by atoms with Gasteiger partial charge in [-0.3, -0.25) is 24.4 Å². The van der Waals surface area contributed by atoms with E-state index in [1.54, 1.807) is 24.3 Å². The van der Waals surface area contributed by atoms with E-state index >= 15 is 0 Å². The summed E-state index contributed by atoms with van der Waals surface area (Å²) in [5.74, 6) is -3.95. The number of fused-ring (bicyclic) bond motifs is 3. The fourth-order valence-corrected chi connectivity index (χ4v) is 4.97. The van der Waals surface area contributed by atoms with E-state index in [0.717, 1.165) is 27.8 Å². The summed E-state index contributed by atoms with van der Waals surface area (Å²) in [5.41, 5.74) is 7.54. The molecule has 9 nitrogen and oxygen atoms in total. The van der Waals surface area contributed by atoms with Gasteiger partial charge < -0.3 is 5.32 Å². The minimum Gasteiger partial charge on any atom is -0.326 e. The molecule has 1 fully saturated rings. The topological polar surface area (TPSA) is 125 Å². The molecular weight excluding hydrogens is 474 g/mol. The van der Waals surface area contributed by atoms with Crippen LogP contribution < -0.4 is 10.8 Å². The van der Waals surface area contributed by atoms with Gasteiger partial charge in [-0.1, -0.05) is 78.9 Å². The first-order valence-electron chi connectivity index (χ1n) is 11.9. The summed E-state index contributed by atoms with van der Waals surface area (Å²) < 4.78 is 0. The van der Waals surface area contributed by atoms with Gasteiger partial charge in [0.15, 0.2) is 5.78 Å². The van der Waals surface area contributed by atoms with Gasteiger partial charge in [0.1, 0.15) is 5.92 Å². The van der Waals surface area contributed by atoms with Crippen LogP contribution in [-0.2, 0) is 25.6 Å². The highest BCUT2D eigenvalue weighted by molar-refractivity contribution is 6.14. The zero-order valence-corrected chi connectivity index (χ0v) is 19.8. The fourth-order valence-electron chi connectivity index (χ4n) is 4.97. The van der Waals surface area contributed by atoms with E-state index in [9.17, 15) is 24.4 Å². The number of nitrogens with one attached hydrogen (secondary N) is 2. The summed E-state index contributed by atoms with van der Waals surface area (Å²) in [6.45, 7) is 0.174. The van der Waals surface area contributed by atoms with Gasteiger partial charge in [0.2, 0.25) is 0 Å². The lowest BCUT2D eigenvalue weighted by atomic mass is 9.92. The molecule has 4 amide bonds. The Balaban J connectivity index is 1.25. The largest absolute Gasteiger partial charge is 0.339 e. The van der Waals surface area contributed by atoms with E-state index in [2.05, 4.69) is 22.9 Å². The highest BCUT2D eigenvalue weighted by atomic mass is 16.7. The Kier molecular flexibility index (Phi) is 6.80. The average molecular weight is 500 g/mol. The van der Waals surface area contributed by atoms with Crippen LogP contribution in [-0.4, -0.2) is 46.5 Å². The molecule has 5 rings (SSSR count). The van der Waals surface area contributed by atoms with Crippen LogP contribution in [0.4, 0.5) is 4.79 Å². The van der Waals surface area contributed by atoms with Crippen LogP contribution in [0, 0.1) is 5.92 Å². The number of benzene rings is 3. The molecule has 9 heteroatoms. The molecule has 0 radical (unpaired) electrons. The Morgan fingerprint density at radius 3 is 2.11 bits per heavy atom. The van der Waals surface area contributed by atoms with Crippen molar-refractivity contribution in [3.05, 3.63) is 95.6 Å². The number of hydrogen-bond acceptors (Lipinski definition) is 6. The summed E-state index contributed by atoms with van der Waals surface area (Å²) in [6, 6.07) is 23.1. The number of hydroxylamine groups is 3. The number of amides is 4. The van der Waals surface area contributed by atoms with Crippen LogP contribution in [0.5, 0.6) is 0 Å². The molecule has 3 aromatic carbocycles. The molecule has 37 heavy (non-hydrogen) atoms. The fraction of sp³-hybridized carbons (Fsp3) is 0.214. The Hall–Kier alpha value is -4.34. The summed E-state index contributed by atoms with van der Waals surface area (Å²) in [5, 5.41) is 12.1. The van der Waals surface area contributed by atoms with Crippen molar-refractivity contribution >= 4 is 23.6 Å². The number of nitrogens with zero attached hydrogens (tertiary/aromatic N) is 1. The predicted octanol–water partition coefficient (Wildman–Crippen LogP) is 2.97. The van der Waals surface area contributed by atoms with Gasteiger partial charge in [-0.05, 0) is 34.2 Å². The van der Waals surface area contributed by atoms with Gasteiger partial charge in [-0.25, -0.2) is 10.3 Å². The van der Waals surface area contributed by atoms with Crippen LogP contribution in [0.2, 0.25) is 0 Å². The summed E-state index contributed by atoms with van der Waals surface area (Å²) in [7, 11) is 0. The molecule has 3 aromatic rings. The van der Waals surface area contributed by atoms with Gasteiger partial charge in [0, 0.05) is 12.3 Å². The van der Waals surface area contributed by atoms with Crippen molar-refractivity contribution in [3.8, 4) is 11.1 Å². The molecule has 2 atom stereocenters. The van der Waals surface area contributed by atoms with E-state index in [4.69, 9.17) is 4.84 Å². The smallest absolute Gasteiger partial charge is 0.326 e. The predicted molar refractivity (Wildman–Crippen MR) is 132 cm³/mol. The summed E-state index contributed by atoms with van der Waals surface area (Å²) in [4.78, 5) is 55.4. The Labute approximate surface area is 213 Å². The van der Waals surface area contributed by atoms with Crippen molar-refractivity contribution in [2.24, 2.45) is 5.92 Å². The molecule has 0 saturated carbocycles. The minimum absolute atomic E-state index is 0.0391. The van der Waals surface area contributed by atoms with Crippen LogP contribution in [0.3, 0.4) is 0 Å². The van der Waals surface area contributed by atoms with Crippen molar-refractivity contribution < 1.29 is 29.2 Å². The quantitative estimate of drug-likeness (QED) is 0.189. The number of imide groups is 1. The lowest BCUT2D eigenvalue weighted by Crippen LogP contribution is -2.50. The number of Topliss-reactive ketones (excluding diaryl/α,β-unsaturated/α-hetero) is 1. The van der Waals surface area contributed by atoms with E-state index in [-0.39, 0.29) is 24.0 Å². The lowest BCUT2D eigenvalue weighted by Gasteiger charge is -2.21. The highest BCUT2D eigenvalue weighted by Crippen LogP contribution is 2.44. The monoisotopic (exact) mass is 499 g/mol. The SMILES string of the molecule is O=C(NOCC1c2ccccc2-c2ccccc21)N[C@@H](Cc1ccccc1)C(=O)C1CC(=O)N(O)C1=O.